The lowest BCUT2D eigenvalue weighted by Gasteiger charge is -2.41. The van der Waals surface area contributed by atoms with Crippen LogP contribution in [0.1, 0.15) is 76.2 Å². The summed E-state index contributed by atoms with van der Waals surface area (Å²) in [6, 6.07) is 6.53. The van der Waals surface area contributed by atoms with Gasteiger partial charge in [-0.1, -0.05) is 44.2 Å². The average molecular weight is 387 g/mol. The molecule has 0 aromatic heterocycles. The van der Waals surface area contributed by atoms with Gasteiger partial charge in [0, 0.05) is 12.5 Å². The molecule has 152 valence electrons. The van der Waals surface area contributed by atoms with Gasteiger partial charge in [0.05, 0.1) is 11.5 Å². The Morgan fingerprint density at radius 1 is 1.07 bits per heavy atom. The first-order chi connectivity index (χ1) is 13.6. The zero-order valence-corrected chi connectivity index (χ0v) is 16.5. The van der Waals surface area contributed by atoms with Gasteiger partial charge in [-0.3, -0.25) is 9.59 Å². The van der Waals surface area contributed by atoms with Gasteiger partial charge >= 0.3 is 0 Å². The maximum atomic E-state index is 13.9. The molecule has 1 heterocycles. The minimum Gasteiger partial charge on any atom is -0.351 e. The number of piperidine rings is 1. The third-order valence-electron chi connectivity index (χ3n) is 7.19. The second-order valence-electron chi connectivity index (χ2n) is 8.91. The van der Waals surface area contributed by atoms with Crippen LogP contribution in [0.15, 0.2) is 24.3 Å². The van der Waals surface area contributed by atoms with Crippen LogP contribution in [0.25, 0.3) is 0 Å². The third-order valence-corrected chi connectivity index (χ3v) is 7.19. The van der Waals surface area contributed by atoms with Crippen molar-refractivity contribution in [2.24, 2.45) is 5.92 Å². The highest BCUT2D eigenvalue weighted by Gasteiger charge is 2.45. The summed E-state index contributed by atoms with van der Waals surface area (Å²) in [5.41, 5.74) is 0.150. The Hall–Kier alpha value is -1.91. The van der Waals surface area contributed by atoms with E-state index in [0.717, 1.165) is 44.1 Å². The molecule has 3 fully saturated rings. The van der Waals surface area contributed by atoms with Crippen molar-refractivity contribution in [2.45, 2.75) is 88.1 Å². The first kappa shape index (κ1) is 19.4. The Kier molecular flexibility index (Phi) is 5.70. The van der Waals surface area contributed by atoms with Crippen molar-refractivity contribution in [2.75, 3.05) is 0 Å². The van der Waals surface area contributed by atoms with E-state index in [9.17, 15) is 14.0 Å². The SMILES string of the molecule is O=C1CCC(NC(=O)C2(c3cccc(F)c3)CCCC2)C(C2CCCCC2)N1. The van der Waals surface area contributed by atoms with E-state index >= 15 is 0 Å². The number of carbonyl (C=O) groups is 2. The molecule has 28 heavy (non-hydrogen) atoms. The minimum atomic E-state index is -0.638. The van der Waals surface area contributed by atoms with E-state index in [1.54, 1.807) is 6.07 Å². The Morgan fingerprint density at radius 2 is 1.82 bits per heavy atom. The Bertz CT molecular complexity index is 723. The number of carbonyl (C=O) groups excluding carboxylic acids is 2. The van der Waals surface area contributed by atoms with Gasteiger partial charge in [0.25, 0.3) is 0 Å². The molecular weight excluding hydrogens is 355 g/mol. The molecule has 2 atom stereocenters. The highest BCUT2D eigenvalue weighted by Crippen LogP contribution is 2.42. The lowest BCUT2D eigenvalue weighted by Crippen LogP contribution is -2.60. The van der Waals surface area contributed by atoms with Crippen LogP contribution >= 0.6 is 0 Å². The number of hydrogen-bond acceptors (Lipinski definition) is 2. The summed E-state index contributed by atoms with van der Waals surface area (Å²) in [4.78, 5) is 25.6. The largest absolute Gasteiger partial charge is 0.351 e. The predicted molar refractivity (Wildman–Crippen MR) is 106 cm³/mol. The van der Waals surface area contributed by atoms with Gasteiger partial charge in [-0.05, 0) is 55.7 Å². The highest BCUT2D eigenvalue weighted by atomic mass is 19.1. The molecule has 1 aliphatic heterocycles. The van der Waals surface area contributed by atoms with Gasteiger partial charge in [-0.15, -0.1) is 0 Å². The van der Waals surface area contributed by atoms with Gasteiger partial charge < -0.3 is 10.6 Å². The standard InChI is InChI=1S/C23H31FN2O2/c24-18-10-6-9-17(15-18)23(13-4-5-14-23)22(28)25-19-11-12-20(27)26-21(19)16-7-2-1-3-8-16/h6,9-10,15-16,19,21H,1-5,7-8,11-14H2,(H,25,28)(H,26,27). The van der Waals surface area contributed by atoms with Crippen LogP contribution < -0.4 is 10.6 Å². The first-order valence-electron chi connectivity index (χ1n) is 10.9. The van der Waals surface area contributed by atoms with Crippen LogP contribution in [0.4, 0.5) is 4.39 Å². The number of amides is 2. The van der Waals surface area contributed by atoms with Crippen molar-refractivity contribution in [3.05, 3.63) is 35.6 Å². The lowest BCUT2D eigenvalue weighted by molar-refractivity contribution is -0.130. The Morgan fingerprint density at radius 3 is 2.54 bits per heavy atom. The molecule has 4 nitrogen and oxygen atoms in total. The second kappa shape index (κ2) is 8.22. The van der Waals surface area contributed by atoms with Crippen LogP contribution in [-0.2, 0) is 15.0 Å². The van der Waals surface area contributed by atoms with Gasteiger partial charge in [0.15, 0.2) is 0 Å². The predicted octanol–water partition coefficient (Wildman–Crippen LogP) is 3.98. The molecule has 2 aliphatic carbocycles. The van der Waals surface area contributed by atoms with Crippen LogP contribution in [0.2, 0.25) is 0 Å². The van der Waals surface area contributed by atoms with Gasteiger partial charge in [-0.25, -0.2) is 4.39 Å². The fourth-order valence-electron chi connectivity index (χ4n) is 5.64. The molecule has 0 radical (unpaired) electrons. The van der Waals surface area contributed by atoms with Crippen molar-refractivity contribution in [1.29, 1.82) is 0 Å². The molecule has 2 unspecified atom stereocenters. The first-order valence-corrected chi connectivity index (χ1v) is 10.9. The topological polar surface area (TPSA) is 58.2 Å². The van der Waals surface area contributed by atoms with E-state index in [4.69, 9.17) is 0 Å². The molecule has 3 aliphatic rings. The number of halogens is 1. The third kappa shape index (κ3) is 3.81. The quantitative estimate of drug-likeness (QED) is 0.822. The van der Waals surface area contributed by atoms with Gasteiger partial charge in [-0.2, -0.15) is 0 Å². The minimum absolute atomic E-state index is 0.0116. The molecule has 1 saturated heterocycles. The normalized spacial score (nSPS) is 28.0. The van der Waals surface area contributed by atoms with Crippen LogP contribution in [-0.4, -0.2) is 23.9 Å². The van der Waals surface area contributed by atoms with Crippen molar-refractivity contribution in [3.63, 3.8) is 0 Å². The number of benzene rings is 1. The van der Waals surface area contributed by atoms with Crippen molar-refractivity contribution >= 4 is 11.8 Å². The second-order valence-corrected chi connectivity index (χ2v) is 8.91. The maximum Gasteiger partial charge on any atom is 0.230 e. The molecule has 4 rings (SSSR count). The van der Waals surface area contributed by atoms with Crippen LogP contribution in [0.5, 0.6) is 0 Å². The zero-order valence-electron chi connectivity index (χ0n) is 16.5. The summed E-state index contributed by atoms with van der Waals surface area (Å²) >= 11 is 0. The highest BCUT2D eigenvalue weighted by molar-refractivity contribution is 5.89. The van der Waals surface area contributed by atoms with Crippen molar-refractivity contribution < 1.29 is 14.0 Å². The molecule has 1 aromatic rings. The monoisotopic (exact) mass is 386 g/mol. The van der Waals surface area contributed by atoms with E-state index in [1.807, 2.05) is 6.07 Å². The van der Waals surface area contributed by atoms with E-state index in [0.29, 0.717) is 18.8 Å². The summed E-state index contributed by atoms with van der Waals surface area (Å²) in [5, 5.41) is 6.49. The fourth-order valence-corrected chi connectivity index (χ4v) is 5.64. The summed E-state index contributed by atoms with van der Waals surface area (Å²) in [7, 11) is 0. The summed E-state index contributed by atoms with van der Waals surface area (Å²) < 4.78 is 13.9. The molecule has 2 saturated carbocycles. The number of nitrogens with one attached hydrogen (secondary N) is 2. The lowest BCUT2D eigenvalue weighted by atomic mass is 9.76. The van der Waals surface area contributed by atoms with Crippen molar-refractivity contribution in [1.82, 2.24) is 10.6 Å². The van der Waals surface area contributed by atoms with Crippen LogP contribution in [0, 0.1) is 11.7 Å². The molecule has 0 bridgehead atoms. The van der Waals surface area contributed by atoms with Crippen LogP contribution in [0.3, 0.4) is 0 Å². The van der Waals surface area contributed by atoms with E-state index < -0.39 is 5.41 Å². The van der Waals surface area contributed by atoms with Gasteiger partial charge in [0.1, 0.15) is 5.82 Å². The smallest absolute Gasteiger partial charge is 0.230 e. The molecule has 2 N–H and O–H groups in total. The molecular formula is C23H31FN2O2. The fraction of sp³-hybridized carbons (Fsp3) is 0.652. The Balaban J connectivity index is 1.55. The molecule has 5 heteroatoms. The Labute approximate surface area is 166 Å². The van der Waals surface area contributed by atoms with Gasteiger partial charge in [0.2, 0.25) is 11.8 Å². The maximum absolute atomic E-state index is 13.9. The molecule has 0 spiro atoms. The average Bonchev–Trinajstić information content (AvgIpc) is 3.21. The summed E-state index contributed by atoms with van der Waals surface area (Å²) in [6.07, 6.45) is 10.5. The van der Waals surface area contributed by atoms with E-state index in [-0.39, 0.29) is 29.7 Å². The number of hydrogen-bond donors (Lipinski definition) is 2. The molecule has 1 aromatic carbocycles. The summed E-state index contributed by atoms with van der Waals surface area (Å²) in [6.45, 7) is 0. The summed E-state index contributed by atoms with van der Waals surface area (Å²) in [5.74, 6) is 0.262. The molecule has 2 amide bonds. The van der Waals surface area contributed by atoms with E-state index in [1.165, 1.54) is 31.4 Å². The zero-order chi connectivity index (χ0) is 19.6. The van der Waals surface area contributed by atoms with E-state index in [2.05, 4.69) is 10.6 Å². The number of rotatable bonds is 4. The van der Waals surface area contributed by atoms with Crippen molar-refractivity contribution in [3.8, 4) is 0 Å².